The van der Waals surface area contributed by atoms with Gasteiger partial charge in [-0.3, -0.25) is 0 Å². The number of allylic oxidation sites excluding steroid dienone is 1. The molecule has 0 aliphatic heterocycles. The van der Waals surface area contributed by atoms with Gasteiger partial charge in [0.15, 0.2) is 5.76 Å². The Hall–Kier alpha value is -0.880. The Morgan fingerprint density at radius 2 is 1.36 bits per heavy atom. The number of halogens is 6. The molecule has 0 saturated heterocycles. The minimum absolute atomic E-state index is 0.685. The van der Waals surface area contributed by atoms with Crippen molar-refractivity contribution in [1.82, 2.24) is 0 Å². The molecule has 0 radical (unpaired) electrons. The SMILES string of the molecule is C=C(OC(C)(C)F)C(F)(F)C(F)(F)F. The lowest BCUT2D eigenvalue weighted by atomic mass is 10.3. The molecule has 0 aliphatic rings. The number of alkyl halides is 6. The summed E-state index contributed by atoms with van der Waals surface area (Å²) in [7, 11) is 0. The zero-order valence-electron chi connectivity index (χ0n) is 7.38. The summed E-state index contributed by atoms with van der Waals surface area (Å²) in [5, 5.41) is 0. The zero-order chi connectivity index (χ0) is 11.8. The lowest BCUT2D eigenvalue weighted by Crippen LogP contribution is -2.40. The first-order valence-electron chi connectivity index (χ1n) is 3.40. The second kappa shape index (κ2) is 3.36. The minimum atomic E-state index is -5.84. The van der Waals surface area contributed by atoms with E-state index < -0.39 is 23.7 Å². The first-order valence-corrected chi connectivity index (χ1v) is 3.40. The molecule has 14 heavy (non-hydrogen) atoms. The van der Waals surface area contributed by atoms with E-state index in [0.29, 0.717) is 13.8 Å². The van der Waals surface area contributed by atoms with Crippen molar-refractivity contribution in [1.29, 1.82) is 0 Å². The van der Waals surface area contributed by atoms with Crippen LogP contribution in [0.2, 0.25) is 0 Å². The van der Waals surface area contributed by atoms with Gasteiger partial charge in [0, 0.05) is 13.8 Å². The largest absolute Gasteiger partial charge is 0.461 e. The summed E-state index contributed by atoms with van der Waals surface area (Å²) in [6.45, 7) is 3.72. The van der Waals surface area contributed by atoms with Crippen LogP contribution in [0.4, 0.5) is 26.3 Å². The maximum atomic E-state index is 12.6. The highest BCUT2D eigenvalue weighted by molar-refractivity contribution is 5.04. The maximum absolute atomic E-state index is 12.6. The quantitative estimate of drug-likeness (QED) is 0.525. The van der Waals surface area contributed by atoms with Crippen LogP contribution in [0.25, 0.3) is 0 Å². The third kappa shape index (κ3) is 3.12. The van der Waals surface area contributed by atoms with E-state index in [-0.39, 0.29) is 0 Å². The van der Waals surface area contributed by atoms with Crippen LogP contribution in [-0.4, -0.2) is 18.0 Å². The Balaban J connectivity index is 4.70. The molecule has 0 unspecified atom stereocenters. The molecule has 0 spiro atoms. The lowest BCUT2D eigenvalue weighted by molar-refractivity contribution is -0.286. The van der Waals surface area contributed by atoms with Crippen LogP contribution in [0.5, 0.6) is 0 Å². The van der Waals surface area contributed by atoms with Crippen LogP contribution in [0, 0.1) is 0 Å². The number of hydrogen-bond donors (Lipinski definition) is 0. The van der Waals surface area contributed by atoms with E-state index in [0.717, 1.165) is 0 Å². The fourth-order valence-corrected chi connectivity index (χ4v) is 0.515. The summed E-state index contributed by atoms with van der Waals surface area (Å²) in [4.78, 5) is 0. The molecule has 0 amide bonds. The van der Waals surface area contributed by atoms with E-state index in [9.17, 15) is 26.3 Å². The van der Waals surface area contributed by atoms with Crippen molar-refractivity contribution >= 4 is 0 Å². The van der Waals surface area contributed by atoms with Crippen LogP contribution in [0.3, 0.4) is 0 Å². The third-order valence-corrected chi connectivity index (χ3v) is 1.07. The summed E-state index contributed by atoms with van der Waals surface area (Å²) in [6.07, 6.45) is -5.84. The predicted molar refractivity (Wildman–Crippen MR) is 36.4 cm³/mol. The van der Waals surface area contributed by atoms with Gasteiger partial charge in [0.1, 0.15) is 0 Å². The van der Waals surface area contributed by atoms with E-state index in [4.69, 9.17) is 0 Å². The molecule has 0 aromatic rings. The van der Waals surface area contributed by atoms with Gasteiger partial charge >= 0.3 is 12.1 Å². The normalized spacial score (nSPS) is 14.0. The van der Waals surface area contributed by atoms with E-state index in [1.807, 2.05) is 0 Å². The average Bonchev–Trinajstić information content (AvgIpc) is 1.80. The third-order valence-electron chi connectivity index (χ3n) is 1.07. The highest BCUT2D eigenvalue weighted by atomic mass is 19.4. The summed E-state index contributed by atoms with van der Waals surface area (Å²) >= 11 is 0. The molecular weight excluding hydrogens is 214 g/mol. The van der Waals surface area contributed by atoms with Gasteiger partial charge in [-0.2, -0.15) is 26.3 Å². The van der Waals surface area contributed by atoms with Crippen molar-refractivity contribution < 1.29 is 31.1 Å². The highest BCUT2D eigenvalue weighted by Gasteiger charge is 2.61. The topological polar surface area (TPSA) is 9.23 Å². The van der Waals surface area contributed by atoms with Gasteiger partial charge in [-0.05, 0) is 0 Å². The molecule has 1 nitrogen and oxygen atoms in total. The average molecular weight is 222 g/mol. The van der Waals surface area contributed by atoms with Crippen molar-refractivity contribution in [3.63, 3.8) is 0 Å². The smallest absolute Gasteiger partial charge is 0.457 e. The van der Waals surface area contributed by atoms with E-state index in [1.165, 1.54) is 0 Å². The van der Waals surface area contributed by atoms with Crippen LogP contribution >= 0.6 is 0 Å². The number of rotatable bonds is 3. The molecule has 7 heteroatoms. The molecule has 0 atom stereocenters. The summed E-state index contributed by atoms with van der Waals surface area (Å²) in [5.41, 5.74) is 0. The summed E-state index contributed by atoms with van der Waals surface area (Å²) in [5.74, 6) is -9.85. The van der Waals surface area contributed by atoms with Crippen LogP contribution in [-0.2, 0) is 4.74 Å². The first-order chi connectivity index (χ1) is 5.88. The van der Waals surface area contributed by atoms with Crippen LogP contribution in [0.1, 0.15) is 13.8 Å². The maximum Gasteiger partial charge on any atom is 0.461 e. The molecule has 84 valence electrons. The zero-order valence-corrected chi connectivity index (χ0v) is 7.38. The van der Waals surface area contributed by atoms with Crippen molar-refractivity contribution in [3.8, 4) is 0 Å². The Morgan fingerprint density at radius 1 is 1.00 bits per heavy atom. The fourth-order valence-electron chi connectivity index (χ4n) is 0.515. The second-order valence-corrected chi connectivity index (χ2v) is 2.96. The molecule has 0 bridgehead atoms. The molecule has 0 N–H and O–H groups in total. The Bertz CT molecular complexity index is 223. The molecule has 0 rings (SSSR count). The molecule has 0 heterocycles. The molecule has 0 saturated carbocycles. The first kappa shape index (κ1) is 13.1. The standard InChI is InChI=1S/C7H8F6O/c1-4(14-5(2,3)8)6(9,10)7(11,12)13/h1H2,2-3H3. The molecule has 0 aromatic heterocycles. The van der Waals surface area contributed by atoms with Gasteiger partial charge < -0.3 is 4.74 Å². The van der Waals surface area contributed by atoms with Gasteiger partial charge in [-0.1, -0.05) is 6.58 Å². The van der Waals surface area contributed by atoms with Crippen LogP contribution < -0.4 is 0 Å². The highest BCUT2D eigenvalue weighted by Crippen LogP contribution is 2.42. The lowest BCUT2D eigenvalue weighted by Gasteiger charge is -2.25. The van der Waals surface area contributed by atoms with Crippen LogP contribution in [0.15, 0.2) is 12.3 Å². The van der Waals surface area contributed by atoms with Gasteiger partial charge in [-0.25, -0.2) is 0 Å². The Kier molecular flexibility index (Phi) is 3.15. The summed E-state index contributed by atoms with van der Waals surface area (Å²) in [6, 6.07) is 0. The molecule has 0 aromatic carbocycles. The summed E-state index contributed by atoms with van der Waals surface area (Å²) < 4.78 is 75.9. The van der Waals surface area contributed by atoms with Crippen molar-refractivity contribution in [2.45, 2.75) is 31.8 Å². The van der Waals surface area contributed by atoms with Gasteiger partial charge in [0.2, 0.25) is 5.85 Å². The second-order valence-electron chi connectivity index (χ2n) is 2.96. The van der Waals surface area contributed by atoms with E-state index >= 15 is 0 Å². The van der Waals surface area contributed by atoms with Gasteiger partial charge in [-0.15, -0.1) is 0 Å². The Labute approximate surface area is 76.3 Å². The predicted octanol–water partition coefficient (Wildman–Crippen LogP) is 3.42. The number of ether oxygens (including phenoxy) is 1. The fraction of sp³-hybridized carbons (Fsp3) is 0.714. The number of hydrogen-bond acceptors (Lipinski definition) is 1. The molecular formula is C7H8F6O. The van der Waals surface area contributed by atoms with Gasteiger partial charge in [0.25, 0.3) is 0 Å². The van der Waals surface area contributed by atoms with E-state index in [1.54, 1.807) is 0 Å². The van der Waals surface area contributed by atoms with Crippen molar-refractivity contribution in [3.05, 3.63) is 12.3 Å². The van der Waals surface area contributed by atoms with Gasteiger partial charge in [0.05, 0.1) is 0 Å². The minimum Gasteiger partial charge on any atom is -0.457 e. The van der Waals surface area contributed by atoms with E-state index in [2.05, 4.69) is 11.3 Å². The molecule has 0 aliphatic carbocycles. The van der Waals surface area contributed by atoms with Crippen molar-refractivity contribution in [2.75, 3.05) is 0 Å². The Morgan fingerprint density at radius 3 is 1.57 bits per heavy atom. The van der Waals surface area contributed by atoms with Crippen molar-refractivity contribution in [2.24, 2.45) is 0 Å². The molecule has 0 fully saturated rings. The monoisotopic (exact) mass is 222 g/mol.